The predicted molar refractivity (Wildman–Crippen MR) is 81.6 cm³/mol. The van der Waals surface area contributed by atoms with E-state index in [0.29, 0.717) is 5.82 Å². The quantitative estimate of drug-likeness (QED) is 0.715. The van der Waals surface area contributed by atoms with E-state index in [2.05, 4.69) is 20.2 Å². The Morgan fingerprint density at radius 2 is 1.95 bits per heavy atom. The minimum atomic E-state index is -1.05. The second-order valence-corrected chi connectivity index (χ2v) is 5.48. The molecule has 116 valence electrons. The molecule has 1 saturated heterocycles. The summed E-state index contributed by atoms with van der Waals surface area (Å²) in [6.45, 7) is 4.60. The lowest BCUT2D eigenvalue weighted by molar-refractivity contribution is 0.0690. The molecule has 0 bridgehead atoms. The van der Waals surface area contributed by atoms with Gasteiger partial charge in [0, 0.05) is 6.54 Å². The van der Waals surface area contributed by atoms with Crippen molar-refractivity contribution in [1.29, 1.82) is 0 Å². The zero-order valence-corrected chi connectivity index (χ0v) is 12.4. The van der Waals surface area contributed by atoms with E-state index in [4.69, 9.17) is 5.11 Å². The number of rotatable bonds is 8. The zero-order valence-electron chi connectivity index (χ0n) is 12.4. The summed E-state index contributed by atoms with van der Waals surface area (Å²) in [6, 6.07) is 0. The molecule has 2 rings (SSSR count). The fourth-order valence-electron chi connectivity index (χ4n) is 2.57. The number of likely N-dealkylation sites (tertiary alicyclic amines) is 1. The first-order chi connectivity index (χ1) is 10.3. The van der Waals surface area contributed by atoms with Gasteiger partial charge in [0.25, 0.3) is 0 Å². The smallest absolute Gasteiger partial charge is 0.356 e. The third-order valence-corrected chi connectivity index (χ3v) is 3.78. The number of carbonyl (C=O) groups is 1. The zero-order chi connectivity index (χ0) is 14.9. The number of carboxylic acids is 1. The standard InChI is InChI=1S/C15H24N4O2/c20-15(21)13-11-18-14(12-17-13)16-7-3-1-4-8-19-9-5-2-6-10-19/h11-12H,1-10H2,(H,16,18)(H,20,21). The van der Waals surface area contributed by atoms with E-state index < -0.39 is 5.97 Å². The van der Waals surface area contributed by atoms with Crippen LogP contribution in [-0.4, -0.2) is 52.1 Å². The first-order valence-electron chi connectivity index (χ1n) is 7.77. The number of nitrogens with zero attached hydrogens (tertiary/aromatic N) is 3. The Hall–Kier alpha value is -1.69. The molecule has 0 radical (unpaired) electrons. The van der Waals surface area contributed by atoms with Crippen molar-refractivity contribution >= 4 is 11.8 Å². The second-order valence-electron chi connectivity index (χ2n) is 5.48. The number of aromatic carboxylic acids is 1. The summed E-state index contributed by atoms with van der Waals surface area (Å²) < 4.78 is 0. The van der Waals surface area contributed by atoms with Crippen LogP contribution in [0.3, 0.4) is 0 Å². The molecule has 2 heterocycles. The molecule has 21 heavy (non-hydrogen) atoms. The molecule has 0 aliphatic carbocycles. The maximum atomic E-state index is 10.6. The van der Waals surface area contributed by atoms with Crippen molar-refractivity contribution in [2.45, 2.75) is 38.5 Å². The van der Waals surface area contributed by atoms with Gasteiger partial charge in [-0.05, 0) is 45.3 Å². The van der Waals surface area contributed by atoms with Crippen molar-refractivity contribution in [3.8, 4) is 0 Å². The Labute approximate surface area is 125 Å². The number of hydrogen-bond donors (Lipinski definition) is 2. The molecule has 1 fully saturated rings. The summed E-state index contributed by atoms with van der Waals surface area (Å²) >= 11 is 0. The Balaban J connectivity index is 1.54. The van der Waals surface area contributed by atoms with Crippen LogP contribution in [0.2, 0.25) is 0 Å². The molecule has 6 nitrogen and oxygen atoms in total. The van der Waals surface area contributed by atoms with Crippen LogP contribution in [0.4, 0.5) is 5.82 Å². The summed E-state index contributed by atoms with van der Waals surface area (Å²) in [5.74, 6) is -0.414. The lowest BCUT2D eigenvalue weighted by atomic mass is 10.1. The molecule has 0 unspecified atom stereocenters. The number of nitrogens with one attached hydrogen (secondary N) is 1. The molecule has 0 amide bonds. The molecule has 0 aromatic carbocycles. The van der Waals surface area contributed by atoms with E-state index in [1.807, 2.05) is 0 Å². The first-order valence-corrected chi connectivity index (χ1v) is 7.77. The molecular weight excluding hydrogens is 268 g/mol. The number of carboxylic acid groups (broad SMARTS) is 1. The summed E-state index contributed by atoms with van der Waals surface area (Å²) in [6.07, 6.45) is 10.4. The highest BCUT2D eigenvalue weighted by molar-refractivity contribution is 5.84. The molecule has 0 saturated carbocycles. The maximum Gasteiger partial charge on any atom is 0.356 e. The molecule has 1 aliphatic rings. The number of anilines is 1. The fraction of sp³-hybridized carbons (Fsp3) is 0.667. The fourth-order valence-corrected chi connectivity index (χ4v) is 2.57. The number of unbranched alkanes of at least 4 members (excludes halogenated alkanes) is 2. The third kappa shape index (κ3) is 5.67. The predicted octanol–water partition coefficient (Wildman–Crippen LogP) is 2.24. The Kier molecular flexibility index (Phi) is 6.40. The van der Waals surface area contributed by atoms with Crippen molar-refractivity contribution in [1.82, 2.24) is 14.9 Å². The van der Waals surface area contributed by atoms with Gasteiger partial charge in [0.15, 0.2) is 5.69 Å². The lowest BCUT2D eigenvalue weighted by Gasteiger charge is -2.26. The lowest BCUT2D eigenvalue weighted by Crippen LogP contribution is -2.30. The van der Waals surface area contributed by atoms with Crippen LogP contribution in [0, 0.1) is 0 Å². The van der Waals surface area contributed by atoms with Gasteiger partial charge < -0.3 is 15.3 Å². The van der Waals surface area contributed by atoms with Crippen molar-refractivity contribution in [2.75, 3.05) is 31.5 Å². The Bertz CT molecular complexity index is 430. The van der Waals surface area contributed by atoms with Crippen LogP contribution in [0.15, 0.2) is 12.4 Å². The average Bonchev–Trinajstić information content (AvgIpc) is 2.52. The molecule has 2 N–H and O–H groups in total. The maximum absolute atomic E-state index is 10.6. The Morgan fingerprint density at radius 1 is 1.14 bits per heavy atom. The van der Waals surface area contributed by atoms with Gasteiger partial charge in [0.1, 0.15) is 5.82 Å². The van der Waals surface area contributed by atoms with Crippen LogP contribution >= 0.6 is 0 Å². The summed E-state index contributed by atoms with van der Waals surface area (Å²) in [5.41, 5.74) is -0.0259. The number of aromatic nitrogens is 2. The summed E-state index contributed by atoms with van der Waals surface area (Å²) in [5, 5.41) is 11.9. The van der Waals surface area contributed by atoms with Gasteiger partial charge in [-0.2, -0.15) is 0 Å². The molecule has 0 spiro atoms. The SMILES string of the molecule is O=C(O)c1cnc(NCCCCCN2CCCCC2)cn1. The van der Waals surface area contributed by atoms with Gasteiger partial charge in [-0.25, -0.2) is 14.8 Å². The van der Waals surface area contributed by atoms with Crippen LogP contribution in [0.25, 0.3) is 0 Å². The van der Waals surface area contributed by atoms with Crippen molar-refractivity contribution in [3.63, 3.8) is 0 Å². The molecule has 1 aliphatic heterocycles. The van der Waals surface area contributed by atoms with Gasteiger partial charge in [0.05, 0.1) is 12.4 Å². The molecule has 6 heteroatoms. The van der Waals surface area contributed by atoms with Crippen molar-refractivity contribution in [3.05, 3.63) is 18.1 Å². The Morgan fingerprint density at radius 3 is 2.62 bits per heavy atom. The normalized spacial score (nSPS) is 15.8. The minimum absolute atomic E-state index is 0.0259. The topological polar surface area (TPSA) is 78.3 Å². The average molecular weight is 292 g/mol. The summed E-state index contributed by atoms with van der Waals surface area (Å²) in [4.78, 5) is 21.1. The van der Waals surface area contributed by atoms with Gasteiger partial charge in [-0.15, -0.1) is 0 Å². The van der Waals surface area contributed by atoms with Gasteiger partial charge in [0.2, 0.25) is 0 Å². The second kappa shape index (κ2) is 8.56. The van der Waals surface area contributed by atoms with Crippen LogP contribution in [-0.2, 0) is 0 Å². The van der Waals surface area contributed by atoms with E-state index in [1.165, 1.54) is 64.1 Å². The van der Waals surface area contributed by atoms with Crippen LogP contribution in [0.5, 0.6) is 0 Å². The van der Waals surface area contributed by atoms with Gasteiger partial charge in [-0.3, -0.25) is 0 Å². The monoisotopic (exact) mass is 292 g/mol. The first kappa shape index (κ1) is 15.7. The van der Waals surface area contributed by atoms with Gasteiger partial charge >= 0.3 is 5.97 Å². The molecule has 0 atom stereocenters. The van der Waals surface area contributed by atoms with Crippen LogP contribution < -0.4 is 5.32 Å². The highest BCUT2D eigenvalue weighted by Gasteiger charge is 2.08. The van der Waals surface area contributed by atoms with E-state index >= 15 is 0 Å². The van der Waals surface area contributed by atoms with Crippen molar-refractivity contribution in [2.24, 2.45) is 0 Å². The number of piperidine rings is 1. The largest absolute Gasteiger partial charge is 0.476 e. The van der Waals surface area contributed by atoms with Crippen LogP contribution in [0.1, 0.15) is 49.0 Å². The minimum Gasteiger partial charge on any atom is -0.476 e. The van der Waals surface area contributed by atoms with Crippen molar-refractivity contribution < 1.29 is 9.90 Å². The molecular formula is C15H24N4O2. The van der Waals surface area contributed by atoms with Gasteiger partial charge in [-0.1, -0.05) is 12.8 Å². The highest BCUT2D eigenvalue weighted by Crippen LogP contribution is 2.10. The molecule has 1 aromatic heterocycles. The van der Waals surface area contributed by atoms with E-state index in [-0.39, 0.29) is 5.69 Å². The van der Waals surface area contributed by atoms with E-state index in [1.54, 1.807) is 0 Å². The van der Waals surface area contributed by atoms with E-state index in [9.17, 15) is 4.79 Å². The van der Waals surface area contributed by atoms with E-state index in [0.717, 1.165) is 13.0 Å². The highest BCUT2D eigenvalue weighted by atomic mass is 16.4. The third-order valence-electron chi connectivity index (χ3n) is 3.78. The molecule has 1 aromatic rings. The number of hydrogen-bond acceptors (Lipinski definition) is 5. The summed E-state index contributed by atoms with van der Waals surface area (Å²) in [7, 11) is 0.